The molecule has 5 aromatic rings. The maximum atomic E-state index is 13.7. The van der Waals surface area contributed by atoms with Crippen molar-refractivity contribution in [2.45, 2.75) is 19.6 Å². The second-order valence-electron chi connectivity index (χ2n) is 8.74. The van der Waals surface area contributed by atoms with Crippen LogP contribution >= 0.6 is 0 Å². The van der Waals surface area contributed by atoms with Crippen molar-refractivity contribution in [1.29, 1.82) is 0 Å². The molecule has 4 aromatic heterocycles. The Labute approximate surface area is 224 Å². The van der Waals surface area contributed by atoms with Gasteiger partial charge in [-0.05, 0) is 31.2 Å². The Kier molecular flexibility index (Phi) is 6.85. The molecule has 0 atom stereocenters. The predicted molar refractivity (Wildman–Crippen MR) is 135 cm³/mol. The SMILES string of the molecule is Cc1cc(-n2nc(C(=O)NCc3cncnc3)cc2NC(=O)c2ccc(C(F)(F)F)c(-c3ccn(C)n3)c2)[nH]n1. The van der Waals surface area contributed by atoms with Gasteiger partial charge in [0.2, 0.25) is 0 Å². The summed E-state index contributed by atoms with van der Waals surface area (Å²) in [5.74, 6) is -0.830. The zero-order valence-electron chi connectivity index (χ0n) is 21.1. The molecule has 0 radical (unpaired) electrons. The van der Waals surface area contributed by atoms with Gasteiger partial charge in [0.05, 0.1) is 17.0 Å². The summed E-state index contributed by atoms with van der Waals surface area (Å²) in [6.07, 6.45) is 1.31. The summed E-state index contributed by atoms with van der Waals surface area (Å²) in [4.78, 5) is 33.9. The van der Waals surface area contributed by atoms with Crippen molar-refractivity contribution < 1.29 is 22.8 Å². The number of alkyl halides is 3. The van der Waals surface area contributed by atoms with Crippen LogP contribution in [-0.2, 0) is 19.8 Å². The molecule has 0 aliphatic rings. The van der Waals surface area contributed by atoms with Crippen molar-refractivity contribution in [2.75, 3.05) is 5.32 Å². The van der Waals surface area contributed by atoms with E-state index in [0.717, 1.165) is 18.2 Å². The van der Waals surface area contributed by atoms with Gasteiger partial charge in [0, 0.05) is 61.0 Å². The second kappa shape index (κ2) is 10.4. The largest absolute Gasteiger partial charge is 0.417 e. The van der Waals surface area contributed by atoms with E-state index < -0.39 is 23.6 Å². The Morgan fingerprint density at radius 3 is 2.45 bits per heavy atom. The number of carbonyl (C=O) groups is 2. The molecule has 40 heavy (non-hydrogen) atoms. The van der Waals surface area contributed by atoms with Gasteiger partial charge >= 0.3 is 6.18 Å². The number of amides is 2. The van der Waals surface area contributed by atoms with Gasteiger partial charge in [-0.2, -0.15) is 33.1 Å². The predicted octanol–water partition coefficient (Wildman–Crippen LogP) is 3.30. The highest BCUT2D eigenvalue weighted by atomic mass is 19.4. The van der Waals surface area contributed by atoms with Crippen LogP contribution < -0.4 is 10.6 Å². The lowest BCUT2D eigenvalue weighted by atomic mass is 10.0. The zero-order chi connectivity index (χ0) is 28.4. The van der Waals surface area contributed by atoms with Crippen LogP contribution in [0.25, 0.3) is 17.1 Å². The monoisotopic (exact) mass is 550 g/mol. The van der Waals surface area contributed by atoms with Gasteiger partial charge in [-0.1, -0.05) is 0 Å². The molecule has 0 spiro atoms. The van der Waals surface area contributed by atoms with E-state index in [9.17, 15) is 22.8 Å². The fourth-order valence-corrected chi connectivity index (χ4v) is 3.87. The van der Waals surface area contributed by atoms with Gasteiger partial charge in [-0.25, -0.2) is 9.97 Å². The third-order valence-electron chi connectivity index (χ3n) is 5.75. The van der Waals surface area contributed by atoms with Gasteiger partial charge in [0.15, 0.2) is 11.5 Å². The lowest BCUT2D eigenvalue weighted by molar-refractivity contribution is -0.137. The Balaban J connectivity index is 1.45. The first-order chi connectivity index (χ1) is 19.1. The Bertz CT molecular complexity index is 1690. The van der Waals surface area contributed by atoms with E-state index in [0.29, 0.717) is 17.1 Å². The first kappa shape index (κ1) is 26.3. The first-order valence-electron chi connectivity index (χ1n) is 11.8. The molecular weight excluding hydrogens is 529 g/mol. The molecule has 0 bridgehead atoms. The number of aromatic nitrogens is 8. The lowest BCUT2D eigenvalue weighted by Gasteiger charge is -2.13. The van der Waals surface area contributed by atoms with Crippen molar-refractivity contribution in [3.63, 3.8) is 0 Å². The molecule has 0 unspecified atom stereocenters. The van der Waals surface area contributed by atoms with Crippen LogP contribution in [0.5, 0.6) is 0 Å². The van der Waals surface area contributed by atoms with Gasteiger partial charge in [-0.15, -0.1) is 0 Å². The van der Waals surface area contributed by atoms with E-state index in [1.165, 1.54) is 34.0 Å². The summed E-state index contributed by atoms with van der Waals surface area (Å²) in [7, 11) is 1.58. The van der Waals surface area contributed by atoms with E-state index in [4.69, 9.17) is 0 Å². The standard InChI is InChI=1S/C25H21F3N10O2/c1-14-7-22(34-33-14)38-21(9-20(36-38)24(40)31-12-15-10-29-13-30-11-15)32-23(39)16-3-4-18(25(26,27)28)17(8-16)19-5-6-37(2)35-19/h3-11,13H,12H2,1-2H3,(H,31,40)(H,32,39)(H,33,34). The molecule has 4 heterocycles. The van der Waals surface area contributed by atoms with E-state index in [2.05, 4.69) is 41.0 Å². The number of halogens is 3. The maximum Gasteiger partial charge on any atom is 0.417 e. The van der Waals surface area contributed by atoms with Gasteiger partial charge in [-0.3, -0.25) is 19.4 Å². The molecule has 12 nitrogen and oxygen atoms in total. The molecule has 0 fully saturated rings. The zero-order valence-corrected chi connectivity index (χ0v) is 21.1. The molecule has 0 saturated heterocycles. The lowest BCUT2D eigenvalue weighted by Crippen LogP contribution is -2.23. The summed E-state index contributed by atoms with van der Waals surface area (Å²) in [5.41, 5.74) is 0.0926. The normalized spacial score (nSPS) is 11.4. The molecule has 204 valence electrons. The Morgan fingerprint density at radius 2 is 1.80 bits per heavy atom. The number of aromatic amines is 1. The molecule has 0 aliphatic heterocycles. The highest BCUT2D eigenvalue weighted by molar-refractivity contribution is 6.05. The number of nitrogens with one attached hydrogen (secondary N) is 3. The summed E-state index contributed by atoms with van der Waals surface area (Å²) in [6.45, 7) is 1.87. The maximum absolute atomic E-state index is 13.7. The van der Waals surface area contributed by atoms with Crippen molar-refractivity contribution >= 4 is 17.6 Å². The van der Waals surface area contributed by atoms with E-state index in [1.807, 2.05) is 0 Å². The molecular formula is C25H21F3N10O2. The number of H-pyrrole nitrogens is 1. The molecule has 15 heteroatoms. The third kappa shape index (κ3) is 5.57. The van der Waals surface area contributed by atoms with Gasteiger partial charge in [0.1, 0.15) is 12.1 Å². The Hall–Kier alpha value is -5.34. The summed E-state index contributed by atoms with van der Waals surface area (Å²) >= 11 is 0. The van der Waals surface area contributed by atoms with Crippen LogP contribution in [0.1, 0.15) is 37.7 Å². The van der Waals surface area contributed by atoms with Crippen molar-refractivity contribution in [3.05, 3.63) is 89.4 Å². The van der Waals surface area contributed by atoms with E-state index >= 15 is 0 Å². The third-order valence-corrected chi connectivity index (χ3v) is 5.75. The number of rotatable bonds is 7. The van der Waals surface area contributed by atoms with Crippen molar-refractivity contribution in [2.24, 2.45) is 7.05 Å². The van der Waals surface area contributed by atoms with Gasteiger partial charge < -0.3 is 10.6 Å². The average Bonchev–Trinajstić information content (AvgIpc) is 3.67. The summed E-state index contributed by atoms with van der Waals surface area (Å²) < 4.78 is 43.8. The highest BCUT2D eigenvalue weighted by Gasteiger charge is 2.34. The molecule has 5 rings (SSSR count). The van der Waals surface area contributed by atoms with Crippen LogP contribution in [0, 0.1) is 6.92 Å². The summed E-state index contributed by atoms with van der Waals surface area (Å²) in [5, 5.41) is 20.5. The van der Waals surface area contributed by atoms with Crippen LogP contribution in [0.15, 0.2) is 61.3 Å². The summed E-state index contributed by atoms with van der Waals surface area (Å²) in [6, 6.07) is 7.44. The van der Waals surface area contributed by atoms with Crippen LogP contribution in [0.3, 0.4) is 0 Å². The Morgan fingerprint density at radius 1 is 1.02 bits per heavy atom. The quantitative estimate of drug-likeness (QED) is 0.282. The fourth-order valence-electron chi connectivity index (χ4n) is 3.87. The highest BCUT2D eigenvalue weighted by Crippen LogP contribution is 2.37. The number of anilines is 1. The molecule has 0 aliphatic carbocycles. The number of hydrogen-bond donors (Lipinski definition) is 3. The van der Waals surface area contributed by atoms with Gasteiger partial charge in [0.25, 0.3) is 11.8 Å². The number of benzene rings is 1. The second-order valence-corrected chi connectivity index (χ2v) is 8.74. The minimum atomic E-state index is -4.66. The number of aryl methyl sites for hydroxylation is 2. The average molecular weight is 551 g/mol. The van der Waals surface area contributed by atoms with Crippen LogP contribution in [-0.4, -0.2) is 51.5 Å². The molecule has 0 saturated carbocycles. The first-order valence-corrected chi connectivity index (χ1v) is 11.8. The smallest absolute Gasteiger partial charge is 0.346 e. The number of nitrogens with zero attached hydrogens (tertiary/aromatic N) is 7. The van der Waals surface area contributed by atoms with E-state index in [-0.39, 0.29) is 34.9 Å². The van der Waals surface area contributed by atoms with Crippen molar-refractivity contribution in [1.82, 2.24) is 45.0 Å². The topological polar surface area (TPSA) is 148 Å². The van der Waals surface area contributed by atoms with Crippen LogP contribution in [0.2, 0.25) is 0 Å². The van der Waals surface area contributed by atoms with E-state index in [1.54, 1.807) is 32.4 Å². The van der Waals surface area contributed by atoms with Crippen molar-refractivity contribution in [3.8, 4) is 17.1 Å². The minimum absolute atomic E-state index is 0.0269. The van der Waals surface area contributed by atoms with Crippen LogP contribution in [0.4, 0.5) is 19.0 Å². The number of hydrogen-bond acceptors (Lipinski definition) is 7. The fraction of sp³-hybridized carbons (Fsp3) is 0.160. The minimum Gasteiger partial charge on any atom is -0.346 e. The molecule has 2 amide bonds. The molecule has 1 aromatic carbocycles. The number of carbonyl (C=O) groups excluding carboxylic acids is 2. The molecule has 3 N–H and O–H groups in total.